The lowest BCUT2D eigenvalue weighted by atomic mass is 10.1. The Morgan fingerprint density at radius 1 is 1.12 bits per heavy atom. The van der Waals surface area contributed by atoms with Crippen LogP contribution in [0, 0.1) is 0 Å². The lowest BCUT2D eigenvalue weighted by Crippen LogP contribution is -2.46. The molecule has 0 aromatic heterocycles. The van der Waals surface area contributed by atoms with Crippen LogP contribution in [0.1, 0.15) is 12.0 Å². The van der Waals surface area contributed by atoms with E-state index in [1.807, 2.05) is 31.3 Å². The molecule has 0 radical (unpaired) electrons. The van der Waals surface area contributed by atoms with Crippen molar-refractivity contribution in [2.24, 2.45) is 0 Å². The highest BCUT2D eigenvalue weighted by atomic mass is 35.5. The maximum absolute atomic E-state index is 13.2. The third-order valence-corrected chi connectivity index (χ3v) is 6.09. The van der Waals surface area contributed by atoms with Crippen LogP contribution in [0.25, 0.3) is 0 Å². The predicted molar refractivity (Wildman–Crippen MR) is 107 cm³/mol. The maximum atomic E-state index is 13.2. The zero-order valence-corrected chi connectivity index (χ0v) is 16.5. The van der Waals surface area contributed by atoms with Gasteiger partial charge < -0.3 is 10.1 Å². The van der Waals surface area contributed by atoms with Gasteiger partial charge in [0.25, 0.3) is 0 Å². The van der Waals surface area contributed by atoms with Crippen LogP contribution >= 0.6 is 12.4 Å². The summed E-state index contributed by atoms with van der Waals surface area (Å²) in [6.45, 7) is 1.65. The first kappa shape index (κ1) is 20.5. The van der Waals surface area contributed by atoms with Crippen LogP contribution in [0.2, 0.25) is 0 Å². The summed E-state index contributed by atoms with van der Waals surface area (Å²) in [5.74, 6) is 0.692. The highest BCUT2D eigenvalue weighted by Gasteiger charge is 2.37. The van der Waals surface area contributed by atoms with E-state index < -0.39 is 10.2 Å². The van der Waals surface area contributed by atoms with Crippen molar-refractivity contribution in [1.29, 1.82) is 0 Å². The van der Waals surface area contributed by atoms with Gasteiger partial charge in [-0.2, -0.15) is 12.7 Å². The number of hydrogen-bond acceptors (Lipinski definition) is 4. The van der Waals surface area contributed by atoms with E-state index in [0.717, 1.165) is 18.5 Å². The van der Waals surface area contributed by atoms with E-state index in [1.54, 1.807) is 31.4 Å². The Morgan fingerprint density at radius 2 is 1.81 bits per heavy atom. The Labute approximate surface area is 161 Å². The molecule has 0 spiro atoms. The Kier molecular flexibility index (Phi) is 6.88. The molecule has 8 heteroatoms. The molecule has 0 atom stereocenters. The minimum atomic E-state index is -3.63. The minimum Gasteiger partial charge on any atom is -0.497 e. The van der Waals surface area contributed by atoms with Crippen LogP contribution in [0.5, 0.6) is 5.75 Å². The number of nitrogens with zero attached hydrogens (tertiary/aromatic N) is 2. The van der Waals surface area contributed by atoms with Gasteiger partial charge in [0.05, 0.1) is 18.5 Å². The fourth-order valence-corrected chi connectivity index (χ4v) is 4.68. The lowest BCUT2D eigenvalue weighted by molar-refractivity contribution is 0.392. The van der Waals surface area contributed by atoms with Gasteiger partial charge in [-0.1, -0.05) is 18.2 Å². The average molecular weight is 398 g/mol. The molecule has 0 saturated carbocycles. The van der Waals surface area contributed by atoms with Crippen LogP contribution in [0.15, 0.2) is 48.5 Å². The molecule has 1 N–H and O–H groups in total. The van der Waals surface area contributed by atoms with Crippen molar-refractivity contribution in [1.82, 2.24) is 9.62 Å². The highest BCUT2D eigenvalue weighted by molar-refractivity contribution is 7.90. The molecule has 26 heavy (non-hydrogen) atoms. The van der Waals surface area contributed by atoms with Gasteiger partial charge in [0.2, 0.25) is 0 Å². The number of benzene rings is 2. The van der Waals surface area contributed by atoms with Crippen LogP contribution in [-0.4, -0.2) is 40.0 Å². The van der Waals surface area contributed by atoms with E-state index in [9.17, 15) is 8.42 Å². The molecule has 0 saturated heterocycles. The van der Waals surface area contributed by atoms with Gasteiger partial charge in [-0.15, -0.1) is 12.4 Å². The van der Waals surface area contributed by atoms with Gasteiger partial charge in [-0.25, -0.2) is 4.31 Å². The molecular formula is C18H24ClN3O3S. The molecule has 1 heterocycles. The number of fused-ring (bicyclic) bond motifs is 1. The van der Waals surface area contributed by atoms with Gasteiger partial charge in [0.1, 0.15) is 5.75 Å². The van der Waals surface area contributed by atoms with Crippen molar-refractivity contribution in [2.45, 2.75) is 13.0 Å². The Bertz CT molecular complexity index is 828. The fraction of sp³-hybridized carbons (Fsp3) is 0.333. The summed E-state index contributed by atoms with van der Waals surface area (Å²) < 4.78 is 34.6. The highest BCUT2D eigenvalue weighted by Crippen LogP contribution is 2.38. The van der Waals surface area contributed by atoms with Gasteiger partial charge >= 0.3 is 10.2 Å². The molecule has 6 nitrogen and oxygen atoms in total. The number of rotatable bonds is 6. The summed E-state index contributed by atoms with van der Waals surface area (Å²) in [5, 5.41) is 3.06. The molecule has 2 aromatic carbocycles. The predicted octanol–water partition coefficient (Wildman–Crippen LogP) is 2.93. The number of anilines is 2. The second kappa shape index (κ2) is 8.73. The number of halogens is 1. The lowest BCUT2D eigenvalue weighted by Gasteiger charge is -2.37. The molecule has 0 amide bonds. The quantitative estimate of drug-likeness (QED) is 0.761. The van der Waals surface area contributed by atoms with Gasteiger partial charge in [0.15, 0.2) is 0 Å². The second-order valence-electron chi connectivity index (χ2n) is 5.89. The summed E-state index contributed by atoms with van der Waals surface area (Å²) in [6, 6.07) is 14.7. The summed E-state index contributed by atoms with van der Waals surface area (Å²) in [6.07, 6.45) is 0.758. The number of ether oxygens (including phenoxy) is 1. The van der Waals surface area contributed by atoms with E-state index in [0.29, 0.717) is 30.2 Å². The molecule has 0 fully saturated rings. The smallest absolute Gasteiger partial charge is 0.308 e. The number of methoxy groups -OCH3 is 1. The molecule has 3 rings (SSSR count). The molecular weight excluding hydrogens is 374 g/mol. The van der Waals surface area contributed by atoms with E-state index in [2.05, 4.69) is 5.32 Å². The molecule has 1 aliphatic rings. The number of para-hydroxylation sites is 1. The van der Waals surface area contributed by atoms with Gasteiger partial charge in [-0.3, -0.25) is 0 Å². The Balaban J connectivity index is 0.00000243. The van der Waals surface area contributed by atoms with Crippen molar-refractivity contribution in [3.8, 4) is 5.75 Å². The largest absolute Gasteiger partial charge is 0.497 e. The topological polar surface area (TPSA) is 61.9 Å². The average Bonchev–Trinajstić information content (AvgIpc) is 2.62. The first-order chi connectivity index (χ1) is 12.1. The van der Waals surface area contributed by atoms with Crippen LogP contribution < -0.4 is 14.4 Å². The number of hydrogen-bond donors (Lipinski definition) is 1. The Morgan fingerprint density at radius 3 is 2.46 bits per heavy atom. The SMILES string of the molecule is CNCCCN1Cc2ccccc2N(c2ccc(OC)cc2)S1(=O)=O.Cl. The summed E-state index contributed by atoms with van der Waals surface area (Å²) in [7, 11) is -0.179. The van der Waals surface area contributed by atoms with Gasteiger partial charge in [0, 0.05) is 13.1 Å². The summed E-state index contributed by atoms with van der Waals surface area (Å²) in [5.41, 5.74) is 2.31. The normalized spacial score (nSPS) is 15.8. The van der Waals surface area contributed by atoms with Crippen molar-refractivity contribution < 1.29 is 13.2 Å². The van der Waals surface area contributed by atoms with Crippen molar-refractivity contribution in [3.63, 3.8) is 0 Å². The van der Waals surface area contributed by atoms with E-state index in [4.69, 9.17) is 4.74 Å². The number of nitrogens with one attached hydrogen (secondary N) is 1. The van der Waals surface area contributed by atoms with Crippen LogP contribution in [-0.2, 0) is 16.8 Å². The second-order valence-corrected chi connectivity index (χ2v) is 7.67. The van der Waals surface area contributed by atoms with E-state index in [-0.39, 0.29) is 12.4 Å². The first-order valence-electron chi connectivity index (χ1n) is 8.25. The first-order valence-corrected chi connectivity index (χ1v) is 9.64. The van der Waals surface area contributed by atoms with Crippen LogP contribution in [0.3, 0.4) is 0 Å². The molecule has 0 aliphatic carbocycles. The zero-order valence-electron chi connectivity index (χ0n) is 14.9. The molecule has 1 aliphatic heterocycles. The Hall–Kier alpha value is -1.80. The monoisotopic (exact) mass is 397 g/mol. The third kappa shape index (κ3) is 3.96. The molecule has 0 bridgehead atoms. The fourth-order valence-electron chi connectivity index (χ4n) is 2.97. The molecule has 2 aromatic rings. The standard InChI is InChI=1S/C18H23N3O3S.ClH/c1-19-12-5-13-20-14-15-6-3-4-7-18(15)21(25(20,22)23)16-8-10-17(24-2)11-9-16;/h3-4,6-11,19H,5,12-14H2,1-2H3;1H. The third-order valence-electron chi connectivity index (χ3n) is 4.26. The van der Waals surface area contributed by atoms with E-state index in [1.165, 1.54) is 8.61 Å². The molecule has 0 unspecified atom stereocenters. The molecule has 142 valence electrons. The van der Waals surface area contributed by atoms with Crippen molar-refractivity contribution >= 4 is 34.0 Å². The summed E-state index contributed by atoms with van der Waals surface area (Å²) >= 11 is 0. The minimum absolute atomic E-state index is 0. The van der Waals surface area contributed by atoms with Crippen LogP contribution in [0.4, 0.5) is 11.4 Å². The van der Waals surface area contributed by atoms with Crippen molar-refractivity contribution in [3.05, 3.63) is 54.1 Å². The zero-order chi connectivity index (χ0) is 17.9. The van der Waals surface area contributed by atoms with Crippen molar-refractivity contribution in [2.75, 3.05) is 31.6 Å². The summed E-state index contributed by atoms with van der Waals surface area (Å²) in [4.78, 5) is 0. The maximum Gasteiger partial charge on any atom is 0.308 e. The van der Waals surface area contributed by atoms with E-state index >= 15 is 0 Å². The van der Waals surface area contributed by atoms with Gasteiger partial charge in [-0.05, 0) is 55.9 Å².